The highest BCUT2D eigenvalue weighted by Crippen LogP contribution is 2.05. The summed E-state index contributed by atoms with van der Waals surface area (Å²) >= 11 is 0. The predicted molar refractivity (Wildman–Crippen MR) is 36.1 cm³/mol. The van der Waals surface area contributed by atoms with E-state index >= 15 is 0 Å². The van der Waals surface area contributed by atoms with E-state index in [0.717, 1.165) is 0 Å². The molecule has 11 heavy (non-hydrogen) atoms. The molecule has 0 atom stereocenters. The lowest BCUT2D eigenvalue weighted by atomic mass is 10.3. The molecule has 0 bridgehead atoms. The lowest BCUT2D eigenvalue weighted by molar-refractivity contribution is 0.136. The van der Waals surface area contributed by atoms with Gasteiger partial charge in [0.15, 0.2) is 0 Å². The average molecular weight is 168 g/mol. The van der Waals surface area contributed by atoms with Crippen LogP contribution >= 0.6 is 0 Å². The molecule has 2 N–H and O–H groups in total. The van der Waals surface area contributed by atoms with E-state index in [-0.39, 0.29) is 6.42 Å². The van der Waals surface area contributed by atoms with Gasteiger partial charge in [-0.15, -0.1) is 0 Å². The molecule has 0 aliphatic rings. The second-order valence-corrected chi connectivity index (χ2v) is 1.83. The first kappa shape index (κ1) is 12.5. The standard InChI is InChI=1S/C5H8F2.CH2O3/c1-4(2)3-5(6)7;2-1(3)4/h5H,1,3H2,2H3;(H2,2,3,4). The smallest absolute Gasteiger partial charge is 0.450 e. The third kappa shape index (κ3) is 50.8. The Morgan fingerprint density at radius 2 is 1.82 bits per heavy atom. The molecule has 5 heteroatoms. The Hall–Kier alpha value is -1.13. The van der Waals surface area contributed by atoms with Gasteiger partial charge in [0.05, 0.1) is 0 Å². The number of alkyl halides is 2. The van der Waals surface area contributed by atoms with Crippen LogP contribution in [0.1, 0.15) is 13.3 Å². The van der Waals surface area contributed by atoms with Crippen molar-refractivity contribution in [3.63, 3.8) is 0 Å². The predicted octanol–water partition coefficient (Wildman–Crippen LogP) is 2.44. The lowest BCUT2D eigenvalue weighted by Crippen LogP contribution is -1.88. The van der Waals surface area contributed by atoms with E-state index in [2.05, 4.69) is 6.58 Å². The zero-order valence-electron chi connectivity index (χ0n) is 6.05. The third-order valence-electron chi connectivity index (χ3n) is 0.503. The van der Waals surface area contributed by atoms with Crippen molar-refractivity contribution in [3.05, 3.63) is 12.2 Å². The first-order valence-electron chi connectivity index (χ1n) is 2.70. The molecule has 0 aromatic carbocycles. The van der Waals surface area contributed by atoms with Crippen molar-refractivity contribution >= 4 is 6.16 Å². The van der Waals surface area contributed by atoms with E-state index in [1.165, 1.54) is 0 Å². The van der Waals surface area contributed by atoms with Gasteiger partial charge >= 0.3 is 6.16 Å². The normalized spacial score (nSPS) is 8.36. The van der Waals surface area contributed by atoms with E-state index in [1.807, 2.05) is 0 Å². The highest BCUT2D eigenvalue weighted by molar-refractivity contribution is 5.53. The Balaban J connectivity index is 0. The molecule has 0 aromatic rings. The highest BCUT2D eigenvalue weighted by atomic mass is 19.3. The zero-order valence-corrected chi connectivity index (χ0v) is 6.05. The molecule has 0 aromatic heterocycles. The second kappa shape index (κ2) is 6.98. The first-order valence-corrected chi connectivity index (χ1v) is 2.70. The van der Waals surface area contributed by atoms with E-state index in [1.54, 1.807) is 6.92 Å². The van der Waals surface area contributed by atoms with E-state index in [9.17, 15) is 8.78 Å². The molecule has 0 aliphatic carbocycles. The van der Waals surface area contributed by atoms with Crippen molar-refractivity contribution in [2.45, 2.75) is 19.8 Å². The molecule has 0 rings (SSSR count). The van der Waals surface area contributed by atoms with Crippen molar-refractivity contribution < 1.29 is 23.8 Å². The fourth-order valence-corrected chi connectivity index (χ4v) is 0.263. The fraction of sp³-hybridized carbons (Fsp3) is 0.500. The van der Waals surface area contributed by atoms with Crippen LogP contribution in [0, 0.1) is 0 Å². The van der Waals surface area contributed by atoms with Crippen LogP contribution in [-0.2, 0) is 0 Å². The Bertz CT molecular complexity index is 130. The van der Waals surface area contributed by atoms with Crippen LogP contribution in [-0.4, -0.2) is 22.8 Å². The van der Waals surface area contributed by atoms with Crippen molar-refractivity contribution in [1.29, 1.82) is 0 Å². The Labute approximate surface area is 63.0 Å². The number of carboxylic acid groups (broad SMARTS) is 2. The molecule has 66 valence electrons. The highest BCUT2D eigenvalue weighted by Gasteiger charge is 1.99. The van der Waals surface area contributed by atoms with Gasteiger partial charge in [0.2, 0.25) is 6.43 Å². The van der Waals surface area contributed by atoms with Crippen molar-refractivity contribution in [3.8, 4) is 0 Å². The zero-order chi connectivity index (χ0) is 9.44. The van der Waals surface area contributed by atoms with Crippen LogP contribution in [0.2, 0.25) is 0 Å². The van der Waals surface area contributed by atoms with Gasteiger partial charge in [-0.05, 0) is 6.92 Å². The van der Waals surface area contributed by atoms with Crippen LogP contribution < -0.4 is 0 Å². The Morgan fingerprint density at radius 3 is 1.82 bits per heavy atom. The Kier molecular flexibility index (Phi) is 7.96. The number of halogens is 2. The van der Waals surface area contributed by atoms with Crippen LogP contribution in [0.5, 0.6) is 0 Å². The van der Waals surface area contributed by atoms with Gasteiger partial charge in [-0.25, -0.2) is 13.6 Å². The lowest BCUT2D eigenvalue weighted by Gasteiger charge is -1.92. The maximum Gasteiger partial charge on any atom is 0.503 e. The van der Waals surface area contributed by atoms with Gasteiger partial charge in [-0.1, -0.05) is 12.2 Å². The summed E-state index contributed by atoms with van der Waals surface area (Å²) in [5, 5.41) is 13.9. The molecule has 0 saturated heterocycles. The summed E-state index contributed by atoms with van der Waals surface area (Å²) in [7, 11) is 0. The molecule has 3 nitrogen and oxygen atoms in total. The fourth-order valence-electron chi connectivity index (χ4n) is 0.263. The largest absolute Gasteiger partial charge is 0.503 e. The topological polar surface area (TPSA) is 57.5 Å². The summed E-state index contributed by atoms with van der Waals surface area (Å²) in [5.74, 6) is 0. The number of hydrogen-bond acceptors (Lipinski definition) is 1. The van der Waals surface area contributed by atoms with Gasteiger partial charge < -0.3 is 10.2 Å². The van der Waals surface area contributed by atoms with Crippen molar-refractivity contribution in [2.24, 2.45) is 0 Å². The summed E-state index contributed by atoms with van der Waals surface area (Å²) in [6.45, 7) is 4.90. The molecule has 0 amide bonds. The van der Waals surface area contributed by atoms with E-state index < -0.39 is 12.6 Å². The number of carbonyl (C=O) groups is 1. The molecule has 0 unspecified atom stereocenters. The SMILES string of the molecule is C=C(C)CC(F)F.O=C(O)O. The first-order chi connectivity index (χ1) is 4.86. The van der Waals surface area contributed by atoms with E-state index in [4.69, 9.17) is 15.0 Å². The number of rotatable bonds is 2. The summed E-state index contributed by atoms with van der Waals surface area (Å²) in [4.78, 5) is 8.56. The minimum Gasteiger partial charge on any atom is -0.450 e. The molecular formula is C6H10F2O3. The van der Waals surface area contributed by atoms with Gasteiger partial charge in [0, 0.05) is 6.42 Å². The minimum absolute atomic E-state index is 0.167. The summed E-state index contributed by atoms with van der Waals surface area (Å²) < 4.78 is 22.4. The van der Waals surface area contributed by atoms with Gasteiger partial charge in [-0.3, -0.25) is 0 Å². The molecule has 0 radical (unpaired) electrons. The molecule has 0 spiro atoms. The van der Waals surface area contributed by atoms with E-state index in [0.29, 0.717) is 5.57 Å². The minimum atomic E-state index is -2.22. The second-order valence-electron chi connectivity index (χ2n) is 1.83. The molecule has 0 heterocycles. The monoisotopic (exact) mass is 168 g/mol. The quantitative estimate of drug-likeness (QED) is 0.622. The van der Waals surface area contributed by atoms with Gasteiger partial charge in [-0.2, -0.15) is 0 Å². The van der Waals surface area contributed by atoms with Crippen molar-refractivity contribution in [2.75, 3.05) is 0 Å². The molecule has 0 saturated carbocycles. The van der Waals surface area contributed by atoms with Crippen LogP contribution in [0.4, 0.5) is 13.6 Å². The summed E-state index contributed by atoms with van der Waals surface area (Å²) in [6, 6.07) is 0. The number of allylic oxidation sites excluding steroid dienone is 1. The Morgan fingerprint density at radius 1 is 1.55 bits per heavy atom. The van der Waals surface area contributed by atoms with Crippen LogP contribution in [0.15, 0.2) is 12.2 Å². The average Bonchev–Trinajstić information content (AvgIpc) is 1.56. The summed E-state index contributed by atoms with van der Waals surface area (Å²) in [6.07, 6.45) is -4.22. The molecule has 0 aliphatic heterocycles. The molecular weight excluding hydrogens is 158 g/mol. The van der Waals surface area contributed by atoms with Crippen molar-refractivity contribution in [1.82, 2.24) is 0 Å². The van der Waals surface area contributed by atoms with Crippen LogP contribution in [0.25, 0.3) is 0 Å². The summed E-state index contributed by atoms with van der Waals surface area (Å²) in [5.41, 5.74) is 0.537. The number of hydrogen-bond donors (Lipinski definition) is 2. The van der Waals surface area contributed by atoms with Crippen LogP contribution in [0.3, 0.4) is 0 Å². The maximum atomic E-state index is 11.2. The third-order valence-corrected chi connectivity index (χ3v) is 0.503. The van der Waals surface area contributed by atoms with Gasteiger partial charge in [0.25, 0.3) is 0 Å². The molecule has 0 fully saturated rings. The maximum absolute atomic E-state index is 11.2. The van der Waals surface area contributed by atoms with Gasteiger partial charge in [0.1, 0.15) is 0 Å².